The predicted molar refractivity (Wildman–Crippen MR) is 156 cm³/mol. The molecule has 1 saturated heterocycles. The number of hydrogen-bond acceptors (Lipinski definition) is 5. The van der Waals surface area contributed by atoms with Crippen LogP contribution in [0.25, 0.3) is 22.0 Å². The number of halogens is 1. The maximum atomic E-state index is 13.0. The van der Waals surface area contributed by atoms with Crippen molar-refractivity contribution >= 4 is 28.4 Å². The van der Waals surface area contributed by atoms with Gasteiger partial charge in [0, 0.05) is 65.8 Å². The Morgan fingerprint density at radius 2 is 2.03 bits per heavy atom. The van der Waals surface area contributed by atoms with E-state index in [0.717, 1.165) is 79.1 Å². The molecule has 2 aromatic carbocycles. The van der Waals surface area contributed by atoms with Crippen LogP contribution in [0.3, 0.4) is 0 Å². The highest BCUT2D eigenvalue weighted by Gasteiger charge is 2.34. The van der Waals surface area contributed by atoms with E-state index in [0.29, 0.717) is 18.0 Å². The second kappa shape index (κ2) is 12.8. The van der Waals surface area contributed by atoms with Gasteiger partial charge in [-0.15, -0.1) is 0 Å². The van der Waals surface area contributed by atoms with Crippen LogP contribution in [-0.2, 0) is 9.53 Å². The molecule has 0 radical (unpaired) electrons. The van der Waals surface area contributed by atoms with E-state index in [1.807, 2.05) is 41.4 Å². The molecule has 208 valence electrons. The number of para-hydroxylation sites is 1. The van der Waals surface area contributed by atoms with E-state index in [2.05, 4.69) is 23.2 Å². The molecular weight excluding hydrogens is 510 g/mol. The fourth-order valence-electron chi connectivity index (χ4n) is 6.49. The Hall–Kier alpha value is -2.51. The highest BCUT2D eigenvalue weighted by Crippen LogP contribution is 2.38. The Bertz CT molecular complexity index is 1280. The van der Waals surface area contributed by atoms with Gasteiger partial charge in [0.05, 0.1) is 17.7 Å². The smallest absolute Gasteiger partial charge is 0.225 e. The van der Waals surface area contributed by atoms with E-state index in [-0.39, 0.29) is 29.9 Å². The van der Waals surface area contributed by atoms with E-state index in [1.54, 1.807) is 7.11 Å². The van der Waals surface area contributed by atoms with Gasteiger partial charge in [0.15, 0.2) is 0 Å². The molecule has 1 amide bonds. The molecule has 3 aromatic rings. The standard InChI is InChI=1S/C32H40ClN3O3/c1-39-30(26-9-4-10-27(33)31(26)24-17-21-7-2-3-11-28(21)35-19-24)13-5-12-29(37)23-8-6-16-36(20-23)32(38)22-14-15-25(34)18-22/h2-4,7,9-11,17,19,22-23,25,29-30,37H,5-6,8,12-16,18,20,34H2,1H3. The molecule has 2 heterocycles. The number of ether oxygens (including phenoxy) is 1. The van der Waals surface area contributed by atoms with Crippen LogP contribution in [0.1, 0.15) is 63.0 Å². The first-order valence-electron chi connectivity index (χ1n) is 14.3. The summed E-state index contributed by atoms with van der Waals surface area (Å²) in [5.74, 6) is 0.406. The van der Waals surface area contributed by atoms with Crippen LogP contribution in [0.2, 0.25) is 5.02 Å². The molecule has 5 unspecified atom stereocenters. The third-order valence-corrected chi connectivity index (χ3v) is 8.97. The molecule has 5 atom stereocenters. The minimum atomic E-state index is -0.438. The Morgan fingerprint density at radius 3 is 2.82 bits per heavy atom. The number of carbonyl (C=O) groups excluding carboxylic acids is 1. The van der Waals surface area contributed by atoms with Crippen molar-refractivity contribution in [3.63, 3.8) is 0 Å². The molecule has 5 rings (SSSR count). The molecule has 1 saturated carbocycles. The number of carbonyl (C=O) groups is 1. The zero-order valence-electron chi connectivity index (χ0n) is 22.8. The number of aliphatic hydroxyl groups is 1. The number of pyridine rings is 1. The molecule has 1 aliphatic carbocycles. The summed E-state index contributed by atoms with van der Waals surface area (Å²) >= 11 is 6.73. The first kappa shape index (κ1) is 28.0. The van der Waals surface area contributed by atoms with Crippen LogP contribution < -0.4 is 5.73 Å². The zero-order chi connectivity index (χ0) is 27.4. The second-order valence-electron chi connectivity index (χ2n) is 11.3. The average molecular weight is 550 g/mol. The number of amides is 1. The van der Waals surface area contributed by atoms with Crippen molar-refractivity contribution in [2.24, 2.45) is 17.6 Å². The first-order valence-corrected chi connectivity index (χ1v) is 14.7. The molecular formula is C32H40ClN3O3. The van der Waals surface area contributed by atoms with Crippen LogP contribution in [0, 0.1) is 11.8 Å². The topological polar surface area (TPSA) is 88.7 Å². The molecule has 6 nitrogen and oxygen atoms in total. The van der Waals surface area contributed by atoms with Crippen LogP contribution in [0.4, 0.5) is 0 Å². The summed E-state index contributed by atoms with van der Waals surface area (Å²) in [5, 5.41) is 12.8. The minimum absolute atomic E-state index is 0.0584. The van der Waals surface area contributed by atoms with Crippen molar-refractivity contribution in [3.05, 3.63) is 65.3 Å². The fourth-order valence-corrected chi connectivity index (χ4v) is 6.78. The Labute approximate surface area is 236 Å². The summed E-state index contributed by atoms with van der Waals surface area (Å²) in [6, 6.07) is 16.3. The van der Waals surface area contributed by atoms with Gasteiger partial charge < -0.3 is 20.5 Å². The summed E-state index contributed by atoms with van der Waals surface area (Å²) in [4.78, 5) is 19.6. The summed E-state index contributed by atoms with van der Waals surface area (Å²) in [5.41, 5.74) is 9.92. The number of nitrogens with two attached hydrogens (primary N) is 1. The lowest BCUT2D eigenvalue weighted by Crippen LogP contribution is -2.45. The number of aliphatic hydroxyl groups excluding tert-OH is 1. The molecule has 7 heteroatoms. The van der Waals surface area contributed by atoms with Gasteiger partial charge in [-0.1, -0.05) is 41.9 Å². The van der Waals surface area contributed by atoms with Gasteiger partial charge in [0.25, 0.3) is 0 Å². The molecule has 1 aliphatic heterocycles. The lowest BCUT2D eigenvalue weighted by Gasteiger charge is -2.36. The number of piperidine rings is 1. The largest absolute Gasteiger partial charge is 0.393 e. The lowest BCUT2D eigenvalue weighted by molar-refractivity contribution is -0.138. The molecule has 39 heavy (non-hydrogen) atoms. The monoisotopic (exact) mass is 549 g/mol. The van der Waals surface area contributed by atoms with E-state index in [1.165, 1.54) is 0 Å². The molecule has 0 spiro atoms. The number of rotatable bonds is 9. The van der Waals surface area contributed by atoms with Crippen LogP contribution in [0.5, 0.6) is 0 Å². The molecule has 1 aromatic heterocycles. The molecule has 2 aliphatic rings. The van der Waals surface area contributed by atoms with Crippen molar-refractivity contribution in [3.8, 4) is 11.1 Å². The quantitative estimate of drug-likeness (QED) is 0.334. The first-order chi connectivity index (χ1) is 18.9. The summed E-state index contributed by atoms with van der Waals surface area (Å²) in [6.07, 6.45) is 8.04. The SMILES string of the molecule is COC(CCCC(O)C1CCCN(C(=O)C2CCC(N)C2)C1)c1cccc(Cl)c1-c1cnc2ccccc2c1. The molecule has 2 fully saturated rings. The predicted octanol–water partition coefficient (Wildman–Crippen LogP) is 6.14. The van der Waals surface area contributed by atoms with E-state index >= 15 is 0 Å². The van der Waals surface area contributed by atoms with Crippen molar-refractivity contribution in [1.82, 2.24) is 9.88 Å². The van der Waals surface area contributed by atoms with Gasteiger partial charge >= 0.3 is 0 Å². The molecule has 0 bridgehead atoms. The maximum absolute atomic E-state index is 13.0. The van der Waals surface area contributed by atoms with Gasteiger partial charge in [0.2, 0.25) is 5.91 Å². The fraction of sp³-hybridized carbons (Fsp3) is 0.500. The van der Waals surface area contributed by atoms with Crippen LogP contribution in [-0.4, -0.2) is 53.2 Å². The van der Waals surface area contributed by atoms with E-state index in [9.17, 15) is 9.90 Å². The Kier molecular flexibility index (Phi) is 9.18. The van der Waals surface area contributed by atoms with Gasteiger partial charge in [-0.2, -0.15) is 0 Å². The summed E-state index contributed by atoms with van der Waals surface area (Å²) in [7, 11) is 1.73. The van der Waals surface area contributed by atoms with E-state index < -0.39 is 6.10 Å². The van der Waals surface area contributed by atoms with Gasteiger partial charge in [-0.05, 0) is 75.1 Å². The number of fused-ring (bicyclic) bond motifs is 1. The third kappa shape index (κ3) is 6.46. The number of methoxy groups -OCH3 is 1. The molecule has 3 N–H and O–H groups in total. The van der Waals surface area contributed by atoms with E-state index in [4.69, 9.17) is 22.1 Å². The Balaban J connectivity index is 1.22. The lowest BCUT2D eigenvalue weighted by atomic mass is 9.88. The third-order valence-electron chi connectivity index (χ3n) is 8.66. The van der Waals surface area contributed by atoms with Gasteiger partial charge in [-0.25, -0.2) is 0 Å². The summed E-state index contributed by atoms with van der Waals surface area (Å²) in [6.45, 7) is 1.44. The van der Waals surface area contributed by atoms with Crippen molar-refractivity contribution in [2.45, 2.75) is 69.6 Å². The number of hydrogen-bond donors (Lipinski definition) is 2. The van der Waals surface area contributed by atoms with Crippen LogP contribution in [0.15, 0.2) is 54.7 Å². The number of benzene rings is 2. The normalized spacial score (nSPS) is 23.2. The average Bonchev–Trinajstić information content (AvgIpc) is 3.40. The Morgan fingerprint density at radius 1 is 1.18 bits per heavy atom. The van der Waals surface area contributed by atoms with Crippen molar-refractivity contribution < 1.29 is 14.6 Å². The van der Waals surface area contributed by atoms with Gasteiger partial charge in [0.1, 0.15) is 0 Å². The van der Waals surface area contributed by atoms with Crippen molar-refractivity contribution in [2.75, 3.05) is 20.2 Å². The second-order valence-corrected chi connectivity index (χ2v) is 11.7. The maximum Gasteiger partial charge on any atom is 0.225 e. The number of likely N-dealkylation sites (tertiary alicyclic amines) is 1. The summed E-state index contributed by atoms with van der Waals surface area (Å²) < 4.78 is 5.96. The number of aromatic nitrogens is 1. The highest BCUT2D eigenvalue weighted by molar-refractivity contribution is 6.33. The minimum Gasteiger partial charge on any atom is -0.393 e. The van der Waals surface area contributed by atoms with Gasteiger partial charge in [-0.3, -0.25) is 9.78 Å². The van der Waals surface area contributed by atoms with Crippen molar-refractivity contribution in [1.29, 1.82) is 0 Å². The van der Waals surface area contributed by atoms with Crippen LogP contribution >= 0.6 is 11.6 Å². The zero-order valence-corrected chi connectivity index (χ0v) is 23.5. The highest BCUT2D eigenvalue weighted by atomic mass is 35.5. The number of nitrogens with zero attached hydrogens (tertiary/aromatic N) is 2.